The molecular formula is C29H31N3O4S. The predicted molar refractivity (Wildman–Crippen MR) is 143 cm³/mol. The third-order valence-corrected chi connectivity index (χ3v) is 8.87. The second kappa shape index (κ2) is 9.59. The lowest BCUT2D eigenvalue weighted by atomic mass is 9.93. The topological polar surface area (TPSA) is 79.0 Å². The van der Waals surface area contributed by atoms with Gasteiger partial charge in [-0.3, -0.25) is 9.69 Å². The first kappa shape index (κ1) is 24.2. The minimum atomic E-state index is -3.96. The van der Waals surface area contributed by atoms with Crippen LogP contribution in [0.3, 0.4) is 0 Å². The van der Waals surface area contributed by atoms with Gasteiger partial charge in [-0.1, -0.05) is 42.0 Å². The molecule has 1 aliphatic carbocycles. The zero-order chi connectivity index (χ0) is 25.6. The van der Waals surface area contributed by atoms with Crippen molar-refractivity contribution in [2.45, 2.75) is 43.4 Å². The lowest BCUT2D eigenvalue weighted by Gasteiger charge is -2.50. The molecular weight excluding hydrogens is 486 g/mol. The molecule has 3 aromatic rings. The van der Waals surface area contributed by atoms with E-state index in [1.807, 2.05) is 43.3 Å². The first-order chi connectivity index (χ1) is 17.9. The lowest BCUT2D eigenvalue weighted by Crippen LogP contribution is -2.62. The monoisotopic (exact) mass is 517 g/mol. The van der Waals surface area contributed by atoms with Crippen LogP contribution in [0.2, 0.25) is 0 Å². The molecule has 1 amide bonds. The summed E-state index contributed by atoms with van der Waals surface area (Å²) in [6, 6.07) is 22.1. The van der Waals surface area contributed by atoms with Gasteiger partial charge in [0.15, 0.2) is 6.23 Å². The van der Waals surface area contributed by atoms with Crippen LogP contribution in [0.5, 0.6) is 0 Å². The number of anilines is 2. The maximum Gasteiger partial charge on any atom is 0.299 e. The fourth-order valence-corrected chi connectivity index (χ4v) is 6.37. The molecule has 3 aliphatic rings. The molecule has 192 valence electrons. The second-order valence-corrected chi connectivity index (χ2v) is 12.0. The fourth-order valence-electron chi connectivity index (χ4n) is 5.33. The molecule has 8 heteroatoms. The van der Waals surface area contributed by atoms with Crippen molar-refractivity contribution in [3.63, 3.8) is 0 Å². The highest BCUT2D eigenvalue weighted by atomic mass is 32.2. The van der Waals surface area contributed by atoms with E-state index in [0.29, 0.717) is 36.3 Å². The van der Waals surface area contributed by atoms with Crippen molar-refractivity contribution in [2.24, 2.45) is 5.92 Å². The van der Waals surface area contributed by atoms with E-state index in [1.165, 1.54) is 12.8 Å². The van der Waals surface area contributed by atoms with E-state index in [1.54, 1.807) is 36.4 Å². The van der Waals surface area contributed by atoms with Crippen molar-refractivity contribution < 1.29 is 17.4 Å². The Morgan fingerprint density at radius 1 is 1.00 bits per heavy atom. The molecule has 2 unspecified atom stereocenters. The second-order valence-electron chi connectivity index (χ2n) is 10.4. The molecule has 2 fully saturated rings. The van der Waals surface area contributed by atoms with Gasteiger partial charge in [0.05, 0.1) is 4.90 Å². The SMILES string of the molecule is Cc1ccc(S(=O)(=O)OC2CN(CC3CC3)C3Cc4ccc(NC(=O)c5ccccc5)cc4N2C3)cc1. The Kier molecular flexibility index (Phi) is 6.26. The van der Waals surface area contributed by atoms with E-state index in [4.69, 9.17) is 4.18 Å². The van der Waals surface area contributed by atoms with Crippen molar-refractivity contribution in [1.29, 1.82) is 0 Å². The molecule has 0 spiro atoms. The van der Waals surface area contributed by atoms with Crippen molar-refractivity contribution in [1.82, 2.24) is 4.90 Å². The number of carbonyl (C=O) groups is 1. The molecule has 1 N–H and O–H groups in total. The van der Waals surface area contributed by atoms with Crippen molar-refractivity contribution in [3.8, 4) is 0 Å². The number of piperazine rings is 1. The number of nitrogens with one attached hydrogen (secondary N) is 1. The minimum Gasteiger partial charge on any atom is -0.342 e. The molecule has 3 aromatic carbocycles. The zero-order valence-electron chi connectivity index (χ0n) is 20.8. The van der Waals surface area contributed by atoms with Gasteiger partial charge >= 0.3 is 0 Å². The summed E-state index contributed by atoms with van der Waals surface area (Å²) in [4.78, 5) is 17.4. The Morgan fingerprint density at radius 3 is 2.49 bits per heavy atom. The van der Waals surface area contributed by atoms with Gasteiger partial charge in [-0.15, -0.1) is 0 Å². The summed E-state index contributed by atoms with van der Waals surface area (Å²) in [6.07, 6.45) is 2.71. The molecule has 0 aromatic heterocycles. The van der Waals surface area contributed by atoms with Crippen LogP contribution in [0.4, 0.5) is 11.4 Å². The van der Waals surface area contributed by atoms with Gasteiger partial charge in [0.1, 0.15) is 0 Å². The number of amides is 1. The summed E-state index contributed by atoms with van der Waals surface area (Å²) in [5, 5.41) is 2.98. The van der Waals surface area contributed by atoms with Gasteiger partial charge in [0.25, 0.3) is 16.0 Å². The molecule has 1 saturated heterocycles. The Labute approximate surface area is 218 Å². The van der Waals surface area contributed by atoms with Gasteiger partial charge in [-0.05, 0) is 74.1 Å². The van der Waals surface area contributed by atoms with Crippen LogP contribution in [-0.4, -0.2) is 51.1 Å². The van der Waals surface area contributed by atoms with Crippen molar-refractivity contribution in [2.75, 3.05) is 29.9 Å². The minimum absolute atomic E-state index is 0.162. The van der Waals surface area contributed by atoms with E-state index in [2.05, 4.69) is 15.1 Å². The highest BCUT2D eigenvalue weighted by Crippen LogP contribution is 2.39. The molecule has 2 bridgehead atoms. The number of hydrogen-bond acceptors (Lipinski definition) is 6. The summed E-state index contributed by atoms with van der Waals surface area (Å²) >= 11 is 0. The van der Waals surface area contributed by atoms with Crippen LogP contribution in [0.15, 0.2) is 77.7 Å². The van der Waals surface area contributed by atoms with Crippen LogP contribution < -0.4 is 10.2 Å². The zero-order valence-corrected chi connectivity index (χ0v) is 21.7. The Morgan fingerprint density at radius 2 is 1.76 bits per heavy atom. The standard InChI is InChI=1S/C29H31N3O4S/c1-20-7-13-26(14-8-20)37(34,35)36-28-19-31(17-21-9-10-21)25-15-23-11-12-24(16-27(23)32(28)18-25)30-29(33)22-5-3-2-4-6-22/h2-8,11-14,16,21,25,28H,9-10,15,17-19H2,1H3,(H,30,33). The van der Waals surface area contributed by atoms with Gasteiger partial charge in [0.2, 0.25) is 0 Å². The molecule has 2 atom stereocenters. The van der Waals surface area contributed by atoms with Gasteiger partial charge in [-0.25, -0.2) is 4.18 Å². The summed E-state index contributed by atoms with van der Waals surface area (Å²) in [7, 11) is -3.96. The highest BCUT2D eigenvalue weighted by Gasteiger charge is 2.42. The predicted octanol–water partition coefficient (Wildman–Crippen LogP) is 4.44. The highest BCUT2D eigenvalue weighted by molar-refractivity contribution is 7.86. The number of rotatable bonds is 7. The van der Waals surface area contributed by atoms with Crippen LogP contribution in [-0.2, 0) is 20.7 Å². The summed E-state index contributed by atoms with van der Waals surface area (Å²) in [5.41, 5.74) is 4.30. The summed E-state index contributed by atoms with van der Waals surface area (Å²) < 4.78 is 32.5. The maximum absolute atomic E-state index is 13.3. The number of fused-ring (bicyclic) bond motifs is 4. The van der Waals surface area contributed by atoms with Crippen LogP contribution in [0.1, 0.15) is 34.3 Å². The van der Waals surface area contributed by atoms with Gasteiger partial charge in [-0.2, -0.15) is 8.42 Å². The number of benzene rings is 3. The normalized spacial score (nSPS) is 21.4. The number of aryl methyl sites for hydroxylation is 1. The summed E-state index contributed by atoms with van der Waals surface area (Å²) in [6.45, 7) is 4.10. The third-order valence-electron chi connectivity index (χ3n) is 7.54. The number of nitrogens with zero attached hydrogens (tertiary/aromatic N) is 2. The van der Waals surface area contributed by atoms with E-state index >= 15 is 0 Å². The number of hydrogen-bond donors (Lipinski definition) is 1. The summed E-state index contributed by atoms with van der Waals surface area (Å²) in [5.74, 6) is 0.510. The Hall–Kier alpha value is -3.20. The quantitative estimate of drug-likeness (QED) is 0.467. The maximum atomic E-state index is 13.3. The first-order valence-corrected chi connectivity index (χ1v) is 14.3. The number of carbonyl (C=O) groups excluding carboxylic acids is 1. The van der Waals surface area contributed by atoms with Crippen LogP contribution in [0.25, 0.3) is 0 Å². The van der Waals surface area contributed by atoms with Gasteiger partial charge in [0, 0.05) is 42.6 Å². The molecule has 0 radical (unpaired) electrons. The smallest absolute Gasteiger partial charge is 0.299 e. The third kappa shape index (κ3) is 5.14. The largest absolute Gasteiger partial charge is 0.342 e. The molecule has 2 aliphatic heterocycles. The van der Waals surface area contributed by atoms with E-state index in [-0.39, 0.29) is 10.8 Å². The average Bonchev–Trinajstić information content (AvgIpc) is 3.71. The average molecular weight is 518 g/mol. The van der Waals surface area contributed by atoms with Gasteiger partial charge < -0.3 is 10.2 Å². The van der Waals surface area contributed by atoms with Crippen LogP contribution in [0, 0.1) is 12.8 Å². The fraction of sp³-hybridized carbons (Fsp3) is 0.345. The Bertz CT molecular complexity index is 1400. The van der Waals surface area contributed by atoms with E-state index in [9.17, 15) is 13.2 Å². The van der Waals surface area contributed by atoms with Crippen molar-refractivity contribution in [3.05, 3.63) is 89.5 Å². The first-order valence-electron chi connectivity index (χ1n) is 12.9. The molecule has 2 heterocycles. The Balaban J connectivity index is 1.30. The van der Waals surface area contributed by atoms with E-state index < -0.39 is 16.3 Å². The van der Waals surface area contributed by atoms with E-state index in [0.717, 1.165) is 29.8 Å². The van der Waals surface area contributed by atoms with Crippen molar-refractivity contribution >= 4 is 27.4 Å². The van der Waals surface area contributed by atoms with Crippen LogP contribution >= 0.6 is 0 Å². The molecule has 6 rings (SSSR count). The lowest BCUT2D eigenvalue weighted by molar-refractivity contribution is 0.0589. The molecule has 7 nitrogen and oxygen atoms in total. The molecule has 37 heavy (non-hydrogen) atoms. The molecule has 1 saturated carbocycles.